The number of rotatable bonds is 7. The first-order valence-electron chi connectivity index (χ1n) is 13.6. The van der Waals surface area contributed by atoms with Crippen LogP contribution in [0.4, 0.5) is 13.2 Å². The van der Waals surface area contributed by atoms with Crippen LogP contribution in [0.3, 0.4) is 0 Å². The fourth-order valence-electron chi connectivity index (χ4n) is 5.93. The molecule has 1 aromatic carbocycles. The third kappa shape index (κ3) is 5.89. The number of benzene rings is 1. The van der Waals surface area contributed by atoms with Gasteiger partial charge in [0.15, 0.2) is 11.5 Å². The van der Waals surface area contributed by atoms with E-state index >= 15 is 0 Å². The van der Waals surface area contributed by atoms with Crippen LogP contribution in [0, 0.1) is 29.3 Å². The predicted octanol–water partition coefficient (Wildman–Crippen LogP) is 4.64. The molecule has 3 aromatic rings. The van der Waals surface area contributed by atoms with Crippen molar-refractivity contribution in [3.05, 3.63) is 71.4 Å². The Bertz CT molecular complexity index is 1340. The molecule has 0 bridgehead atoms. The Morgan fingerprint density at radius 2 is 1.88 bits per heavy atom. The van der Waals surface area contributed by atoms with Gasteiger partial charge in [0.2, 0.25) is 5.91 Å². The molecule has 0 spiro atoms. The number of carbonyl (C=O) groups is 2. The average molecular weight is 556 g/mol. The van der Waals surface area contributed by atoms with Gasteiger partial charge in [0.1, 0.15) is 17.5 Å². The topological polar surface area (TPSA) is 100 Å². The number of likely N-dealkylation sites (tertiary alicyclic amines) is 1. The highest BCUT2D eigenvalue weighted by Crippen LogP contribution is 2.33. The summed E-state index contributed by atoms with van der Waals surface area (Å²) in [5, 5.41) is 9.61. The zero-order valence-corrected chi connectivity index (χ0v) is 22.4. The lowest BCUT2D eigenvalue weighted by Crippen LogP contribution is -2.58. The van der Waals surface area contributed by atoms with Crippen LogP contribution in [0.15, 0.2) is 47.1 Å². The van der Waals surface area contributed by atoms with Gasteiger partial charge in [0.05, 0.1) is 23.2 Å². The van der Waals surface area contributed by atoms with Crippen molar-refractivity contribution in [1.29, 1.82) is 0 Å². The maximum Gasteiger partial charge on any atom is 0.273 e. The molecule has 0 radical (unpaired) electrons. The highest BCUT2D eigenvalue weighted by molar-refractivity contribution is 5.94. The largest absolute Gasteiger partial charge is 0.355 e. The Hall–Kier alpha value is -3.73. The van der Waals surface area contributed by atoms with Crippen LogP contribution < -0.4 is 10.6 Å². The second-order valence-electron chi connectivity index (χ2n) is 10.8. The van der Waals surface area contributed by atoms with Crippen LogP contribution in [0.1, 0.15) is 61.8 Å². The maximum atomic E-state index is 14.2. The van der Waals surface area contributed by atoms with E-state index in [1.165, 1.54) is 0 Å². The van der Waals surface area contributed by atoms with Gasteiger partial charge < -0.3 is 15.2 Å². The molecule has 11 heteroatoms. The van der Waals surface area contributed by atoms with E-state index in [0.29, 0.717) is 37.1 Å². The number of nitrogens with zero attached hydrogens (tertiary/aromatic N) is 3. The smallest absolute Gasteiger partial charge is 0.273 e. The lowest BCUT2D eigenvalue weighted by atomic mass is 9.88. The Kier molecular flexibility index (Phi) is 8.20. The van der Waals surface area contributed by atoms with Crippen LogP contribution in [0.5, 0.6) is 0 Å². The molecule has 3 heterocycles. The van der Waals surface area contributed by atoms with Gasteiger partial charge in [0, 0.05) is 49.6 Å². The molecule has 40 heavy (non-hydrogen) atoms. The van der Waals surface area contributed by atoms with Gasteiger partial charge in [-0.05, 0) is 44.2 Å². The van der Waals surface area contributed by atoms with E-state index in [1.807, 2.05) is 19.1 Å². The van der Waals surface area contributed by atoms with Crippen LogP contribution in [-0.2, 0) is 4.79 Å². The number of aromatic nitrogens is 2. The Balaban J connectivity index is 1.33. The van der Waals surface area contributed by atoms with E-state index in [9.17, 15) is 22.8 Å². The van der Waals surface area contributed by atoms with Crippen molar-refractivity contribution in [2.75, 3.05) is 13.1 Å². The highest BCUT2D eigenvalue weighted by atomic mass is 19.1. The third-order valence-electron chi connectivity index (χ3n) is 8.07. The molecular weight excluding hydrogens is 523 g/mol. The summed E-state index contributed by atoms with van der Waals surface area (Å²) in [4.78, 5) is 33.4. The maximum absolute atomic E-state index is 14.2. The number of pyridine rings is 1. The molecule has 2 N–H and O–H groups in total. The van der Waals surface area contributed by atoms with Crippen molar-refractivity contribution in [2.24, 2.45) is 11.8 Å². The zero-order valence-electron chi connectivity index (χ0n) is 22.4. The molecule has 8 nitrogen and oxygen atoms in total. The van der Waals surface area contributed by atoms with Crippen molar-refractivity contribution >= 4 is 11.8 Å². The number of nitrogens with one attached hydrogen (secondary N) is 2. The monoisotopic (exact) mass is 555 g/mol. The summed E-state index contributed by atoms with van der Waals surface area (Å²) >= 11 is 0. The summed E-state index contributed by atoms with van der Waals surface area (Å²) in [5.41, 5.74) is -0.0948. The van der Waals surface area contributed by atoms with E-state index in [0.717, 1.165) is 37.6 Å². The van der Waals surface area contributed by atoms with Crippen LogP contribution in [0.2, 0.25) is 0 Å². The average Bonchev–Trinajstić information content (AvgIpc) is 3.58. The third-order valence-corrected chi connectivity index (χ3v) is 8.07. The van der Waals surface area contributed by atoms with Gasteiger partial charge in [0.25, 0.3) is 5.91 Å². The molecule has 1 saturated carbocycles. The van der Waals surface area contributed by atoms with Crippen molar-refractivity contribution in [3.63, 3.8) is 0 Å². The van der Waals surface area contributed by atoms with E-state index < -0.39 is 40.9 Å². The second-order valence-corrected chi connectivity index (χ2v) is 10.8. The Labute approximate surface area is 230 Å². The molecule has 1 saturated heterocycles. The first-order chi connectivity index (χ1) is 19.2. The first-order valence-corrected chi connectivity index (χ1v) is 13.6. The van der Waals surface area contributed by atoms with Crippen molar-refractivity contribution in [1.82, 2.24) is 25.7 Å². The highest BCUT2D eigenvalue weighted by Gasteiger charge is 2.40. The molecule has 0 unspecified atom stereocenters. The number of hydrogen-bond acceptors (Lipinski definition) is 6. The Morgan fingerprint density at radius 3 is 2.55 bits per heavy atom. The van der Waals surface area contributed by atoms with E-state index in [1.54, 1.807) is 12.3 Å². The second kappa shape index (κ2) is 11.8. The lowest BCUT2D eigenvalue weighted by Gasteiger charge is -2.42. The lowest BCUT2D eigenvalue weighted by molar-refractivity contribution is -0.128. The van der Waals surface area contributed by atoms with Gasteiger partial charge in [-0.15, -0.1) is 0 Å². The number of hydrogen-bond donors (Lipinski definition) is 2. The normalized spacial score (nSPS) is 24.0. The summed E-state index contributed by atoms with van der Waals surface area (Å²) in [6.45, 7) is 5.29. The quantitative estimate of drug-likeness (QED) is 0.441. The molecule has 2 aromatic heterocycles. The van der Waals surface area contributed by atoms with Gasteiger partial charge in [-0.3, -0.25) is 19.5 Å². The van der Waals surface area contributed by atoms with E-state index in [-0.39, 0.29) is 23.4 Å². The molecule has 1 aliphatic carbocycles. The fraction of sp³-hybridized carbons (Fsp3) is 0.448. The standard InChI is InChI=1S/C29H32F3N5O3/c1-16-6-5-8-25(16)37-11-9-23(19(15-37)28(38)34-17(2)22-7-3-4-10-33-22)35-29(39)24-14-26(40-36-24)27-20(31)12-18(30)13-21(27)32/h3-4,7,10,12-14,16-17,19,23,25H,5-6,8-9,11,15H2,1-2H3,(H,34,38)(H,35,39)/t16-,17-,19-,23-,25-/m1/s1. The summed E-state index contributed by atoms with van der Waals surface area (Å²) in [6, 6.07) is 7.20. The van der Waals surface area contributed by atoms with Gasteiger partial charge in [-0.2, -0.15) is 0 Å². The zero-order chi connectivity index (χ0) is 28.4. The molecule has 1 aliphatic heterocycles. The first kappa shape index (κ1) is 27.8. The molecule has 212 valence electrons. The van der Waals surface area contributed by atoms with Crippen LogP contribution in [0.25, 0.3) is 11.3 Å². The van der Waals surface area contributed by atoms with Gasteiger partial charge >= 0.3 is 0 Å². The fourth-order valence-corrected chi connectivity index (χ4v) is 5.93. The van der Waals surface area contributed by atoms with Crippen LogP contribution >= 0.6 is 0 Å². The number of halogens is 3. The summed E-state index contributed by atoms with van der Waals surface area (Å²) in [6.07, 6.45) is 5.59. The summed E-state index contributed by atoms with van der Waals surface area (Å²) < 4.78 is 46.8. The number of carbonyl (C=O) groups excluding carboxylic acids is 2. The predicted molar refractivity (Wildman–Crippen MR) is 140 cm³/mol. The molecular formula is C29H32F3N5O3. The minimum absolute atomic E-state index is 0.199. The van der Waals surface area contributed by atoms with Crippen molar-refractivity contribution < 1.29 is 27.3 Å². The molecule has 5 rings (SSSR count). The molecule has 2 amide bonds. The summed E-state index contributed by atoms with van der Waals surface area (Å²) in [7, 11) is 0. The van der Waals surface area contributed by atoms with E-state index in [2.05, 4.69) is 32.6 Å². The summed E-state index contributed by atoms with van der Waals surface area (Å²) in [5.74, 6) is -4.62. The molecule has 5 atom stereocenters. The number of piperidine rings is 1. The van der Waals surface area contributed by atoms with Crippen molar-refractivity contribution in [3.8, 4) is 11.3 Å². The van der Waals surface area contributed by atoms with E-state index in [4.69, 9.17) is 4.52 Å². The van der Waals surface area contributed by atoms with Crippen molar-refractivity contribution in [2.45, 2.75) is 57.7 Å². The minimum Gasteiger partial charge on any atom is -0.355 e. The number of amides is 2. The molecule has 2 fully saturated rings. The van der Waals surface area contributed by atoms with Crippen LogP contribution in [-0.4, -0.2) is 52.0 Å². The minimum atomic E-state index is -1.17. The Morgan fingerprint density at radius 1 is 1.10 bits per heavy atom. The van der Waals surface area contributed by atoms with Gasteiger partial charge in [-0.1, -0.05) is 24.6 Å². The van der Waals surface area contributed by atoms with Gasteiger partial charge in [-0.25, -0.2) is 13.2 Å². The molecule has 2 aliphatic rings. The SMILES string of the molecule is C[C@@H]1CCC[C@H]1N1CC[C@@H](NC(=O)c2cc(-c3c(F)cc(F)cc3F)on2)[C@H](C(=O)N[C@H](C)c2ccccn2)C1.